The molecule has 0 saturated heterocycles. The van der Waals surface area contributed by atoms with Crippen molar-refractivity contribution < 1.29 is 9.53 Å². The van der Waals surface area contributed by atoms with Crippen LogP contribution in [0, 0.1) is 5.41 Å². The molecule has 0 radical (unpaired) electrons. The molecule has 0 heterocycles. The number of unbranched alkanes of at least 4 members (excludes halogenated alkanes) is 3. The molecule has 158 valence electrons. The second-order valence-corrected chi connectivity index (χ2v) is 29.4. The number of ether oxygens (including phenoxy) is 1. The first-order chi connectivity index (χ1) is 12.7. The predicted octanol–water partition coefficient (Wildman–Crippen LogP) is 7.66. The topological polar surface area (TPSA) is 26.3 Å². The molecule has 1 aliphatic carbocycles. The normalized spacial score (nSPS) is 25.3. The molecule has 1 rings (SSSR count). The van der Waals surface area contributed by atoms with E-state index in [0.29, 0.717) is 16.1 Å². The van der Waals surface area contributed by atoms with Crippen LogP contribution in [0.25, 0.3) is 0 Å². The van der Waals surface area contributed by atoms with Crippen LogP contribution < -0.4 is 0 Å². The predicted molar refractivity (Wildman–Crippen MR) is 125 cm³/mol. The molecule has 1 fully saturated rings. The van der Waals surface area contributed by atoms with Crippen LogP contribution in [0.3, 0.4) is 0 Å². The van der Waals surface area contributed by atoms with Gasteiger partial charge in [-0.2, -0.15) is 0 Å². The fourth-order valence-electron chi connectivity index (χ4n) is 5.87. The first-order valence-corrected chi connectivity index (χ1v) is 22.7. The summed E-state index contributed by atoms with van der Waals surface area (Å²) >= 11 is -2.47. The molecule has 0 bridgehead atoms. The number of hydrogen-bond donors (Lipinski definition) is 0. The number of carbonyl (C=O) groups is 1. The van der Waals surface area contributed by atoms with Gasteiger partial charge in [-0.15, -0.1) is 0 Å². The summed E-state index contributed by atoms with van der Waals surface area (Å²) in [5.74, 6) is 0.0883. The zero-order chi connectivity index (χ0) is 20.7. The van der Waals surface area contributed by atoms with Crippen LogP contribution in [-0.2, 0) is 9.53 Å². The molecular formula is C23H46O2SiSn. The fraction of sp³-hybridized carbons (Fsp3) is 0.870. The first kappa shape index (κ1) is 25.3. The van der Waals surface area contributed by atoms with Gasteiger partial charge in [-0.3, -0.25) is 0 Å². The Morgan fingerprint density at radius 3 is 1.81 bits per heavy atom. The molecule has 1 saturated carbocycles. The summed E-state index contributed by atoms with van der Waals surface area (Å²) in [7, 11) is -1.43. The third-order valence-electron chi connectivity index (χ3n) is 6.97. The molecule has 0 aromatic rings. The van der Waals surface area contributed by atoms with Gasteiger partial charge >= 0.3 is 175 Å². The molecule has 1 aliphatic rings. The van der Waals surface area contributed by atoms with Crippen LogP contribution in [0.5, 0.6) is 0 Å². The summed E-state index contributed by atoms with van der Waals surface area (Å²) < 4.78 is 10.9. The minimum atomic E-state index is -2.47. The average molecular weight is 501 g/mol. The number of carbonyl (C=O) groups excluding carboxylic acids is 1. The van der Waals surface area contributed by atoms with E-state index in [4.69, 9.17) is 4.74 Å². The maximum atomic E-state index is 13.2. The van der Waals surface area contributed by atoms with Crippen molar-refractivity contribution >= 4 is 32.4 Å². The Morgan fingerprint density at radius 2 is 1.48 bits per heavy atom. The standard InChI is InChI=1S/C11H19O2Si.3C4H9.Sn/c1-6-7-13-10(12)11(2)8-9(11)14(3,4)5;3*1-3-4-2;/h6,8-9H,1,7H2,2-5H3;3*1,3-4H2,2H3;/t9-,11-;;;;/m1..../s1. The number of esters is 1. The van der Waals surface area contributed by atoms with Gasteiger partial charge in [0, 0.05) is 0 Å². The molecule has 0 aromatic carbocycles. The van der Waals surface area contributed by atoms with Crippen LogP contribution >= 0.6 is 0 Å². The van der Waals surface area contributed by atoms with Crippen molar-refractivity contribution in [1.29, 1.82) is 0 Å². The Bertz CT molecular complexity index is 463. The second kappa shape index (κ2) is 10.8. The molecule has 0 amide bonds. The molecule has 0 spiro atoms. The zero-order valence-corrected chi connectivity index (χ0v) is 23.2. The monoisotopic (exact) mass is 502 g/mol. The molecule has 2 nitrogen and oxygen atoms in total. The van der Waals surface area contributed by atoms with E-state index in [9.17, 15) is 4.79 Å². The van der Waals surface area contributed by atoms with Gasteiger partial charge in [-0.05, 0) is 0 Å². The molecular weight excluding hydrogens is 455 g/mol. The summed E-state index contributed by atoms with van der Waals surface area (Å²) in [6.45, 7) is 20.8. The van der Waals surface area contributed by atoms with Gasteiger partial charge in [0.25, 0.3) is 0 Å². The average Bonchev–Trinajstić information content (AvgIpc) is 3.28. The molecule has 0 N–H and O–H groups in total. The van der Waals surface area contributed by atoms with E-state index < -0.39 is 26.5 Å². The second-order valence-electron chi connectivity index (χ2n) is 10.2. The van der Waals surface area contributed by atoms with Crippen molar-refractivity contribution in [2.45, 2.75) is 109 Å². The van der Waals surface area contributed by atoms with Gasteiger partial charge in [-0.1, -0.05) is 0 Å². The molecule has 3 atom stereocenters. The third kappa shape index (κ3) is 5.87. The van der Waals surface area contributed by atoms with E-state index >= 15 is 0 Å². The van der Waals surface area contributed by atoms with Crippen LogP contribution in [0.2, 0.25) is 42.4 Å². The van der Waals surface area contributed by atoms with E-state index in [-0.39, 0.29) is 11.4 Å². The SMILES string of the molecule is C=CCOC(=O)[C@@]1(C)[C@H]([Si](C)(C)C)[C@@H]1[Sn]([CH2]CCC)([CH2]CCC)[CH2]CCC. The molecule has 4 heteroatoms. The Kier molecular flexibility index (Phi) is 10.1. The Hall–Kier alpha value is 0.226. The van der Waals surface area contributed by atoms with Gasteiger partial charge in [-0.25, -0.2) is 0 Å². The summed E-state index contributed by atoms with van der Waals surface area (Å²) in [5, 5.41) is 0. The Labute approximate surface area is 174 Å². The fourth-order valence-corrected chi connectivity index (χ4v) is 37.4. The molecule has 0 unspecified atom stereocenters. The van der Waals surface area contributed by atoms with Crippen LogP contribution in [0.4, 0.5) is 0 Å². The van der Waals surface area contributed by atoms with E-state index in [1.54, 1.807) is 6.08 Å². The number of hydrogen-bond acceptors (Lipinski definition) is 2. The number of rotatable bonds is 14. The first-order valence-electron chi connectivity index (χ1n) is 11.4. The maximum absolute atomic E-state index is 13.2. The summed E-state index contributed by atoms with van der Waals surface area (Å²) in [4.78, 5) is 13.2. The summed E-state index contributed by atoms with van der Waals surface area (Å²) in [6, 6.07) is 0. The van der Waals surface area contributed by atoms with Gasteiger partial charge < -0.3 is 0 Å². The van der Waals surface area contributed by atoms with Crippen LogP contribution in [0.1, 0.15) is 66.2 Å². The van der Waals surface area contributed by atoms with Crippen molar-refractivity contribution in [3.8, 4) is 0 Å². The third-order valence-corrected chi connectivity index (χ3v) is 28.7. The van der Waals surface area contributed by atoms with Crippen molar-refractivity contribution in [1.82, 2.24) is 0 Å². The molecule has 27 heavy (non-hydrogen) atoms. The van der Waals surface area contributed by atoms with Gasteiger partial charge in [0.1, 0.15) is 0 Å². The Morgan fingerprint density at radius 1 is 1.04 bits per heavy atom. The molecule has 0 aliphatic heterocycles. The van der Waals surface area contributed by atoms with E-state index in [1.807, 2.05) is 0 Å². The zero-order valence-electron chi connectivity index (χ0n) is 19.3. The van der Waals surface area contributed by atoms with Crippen molar-refractivity contribution in [2.75, 3.05) is 6.61 Å². The summed E-state index contributed by atoms with van der Waals surface area (Å²) in [5.41, 5.74) is 0.433. The van der Waals surface area contributed by atoms with E-state index in [1.165, 1.54) is 51.8 Å². The van der Waals surface area contributed by atoms with Crippen molar-refractivity contribution in [3.63, 3.8) is 0 Å². The minimum absolute atomic E-state index is 0.0883. The van der Waals surface area contributed by atoms with Gasteiger partial charge in [0.2, 0.25) is 0 Å². The van der Waals surface area contributed by atoms with Gasteiger partial charge in [0.15, 0.2) is 0 Å². The van der Waals surface area contributed by atoms with Crippen LogP contribution in [0.15, 0.2) is 12.7 Å². The van der Waals surface area contributed by atoms with Gasteiger partial charge in [0.05, 0.1) is 0 Å². The van der Waals surface area contributed by atoms with E-state index in [0.717, 1.165) is 0 Å². The summed E-state index contributed by atoms with van der Waals surface area (Å²) in [6.07, 6.45) is 9.70. The molecule has 0 aromatic heterocycles. The quantitative estimate of drug-likeness (QED) is 0.139. The van der Waals surface area contributed by atoms with Crippen molar-refractivity contribution in [3.05, 3.63) is 12.7 Å². The van der Waals surface area contributed by atoms with Crippen LogP contribution in [-0.4, -0.2) is 39.0 Å². The Balaban J connectivity index is 3.31. The van der Waals surface area contributed by atoms with Crippen molar-refractivity contribution in [2.24, 2.45) is 5.41 Å². The van der Waals surface area contributed by atoms with E-state index in [2.05, 4.69) is 53.9 Å².